The fourth-order valence-corrected chi connectivity index (χ4v) is 2.78. The molecule has 0 spiro atoms. The number of carbonyl (C=O) groups is 2. The number of methoxy groups -OCH3 is 2. The molecule has 1 saturated carbocycles. The van der Waals surface area contributed by atoms with E-state index in [-0.39, 0.29) is 12.0 Å². The van der Waals surface area contributed by atoms with Crippen LogP contribution in [0.25, 0.3) is 0 Å². The van der Waals surface area contributed by atoms with Crippen LogP contribution in [-0.2, 0) is 19.1 Å². The summed E-state index contributed by atoms with van der Waals surface area (Å²) in [5, 5.41) is 12.0. The van der Waals surface area contributed by atoms with Crippen LogP contribution in [0.4, 0.5) is 0 Å². The highest BCUT2D eigenvalue weighted by atomic mass is 16.5. The quantitative estimate of drug-likeness (QED) is 0.693. The lowest BCUT2D eigenvalue weighted by atomic mass is 9.95. The molecule has 0 aliphatic heterocycles. The average Bonchev–Trinajstić information content (AvgIpc) is 2.87. The number of amides is 1. The fraction of sp³-hybridized carbons (Fsp3) is 0.857. The first-order valence-corrected chi connectivity index (χ1v) is 7.05. The first-order valence-electron chi connectivity index (χ1n) is 7.05. The molecule has 20 heavy (non-hydrogen) atoms. The van der Waals surface area contributed by atoms with E-state index in [0.29, 0.717) is 31.9 Å². The van der Waals surface area contributed by atoms with Crippen LogP contribution in [0.3, 0.4) is 0 Å². The molecular weight excluding hydrogens is 262 g/mol. The van der Waals surface area contributed by atoms with Crippen LogP contribution in [0, 0.1) is 17.8 Å². The molecule has 1 rings (SSSR count). The summed E-state index contributed by atoms with van der Waals surface area (Å²) in [4.78, 5) is 23.4. The van der Waals surface area contributed by atoms with Gasteiger partial charge in [-0.25, -0.2) is 0 Å². The molecule has 1 aliphatic rings. The molecule has 0 aromatic heterocycles. The van der Waals surface area contributed by atoms with Crippen molar-refractivity contribution in [2.24, 2.45) is 17.8 Å². The third kappa shape index (κ3) is 4.45. The molecule has 0 radical (unpaired) electrons. The van der Waals surface area contributed by atoms with E-state index < -0.39 is 17.8 Å². The predicted octanol–water partition coefficient (Wildman–Crippen LogP) is 0.901. The van der Waals surface area contributed by atoms with Gasteiger partial charge < -0.3 is 19.9 Å². The Balaban J connectivity index is 2.54. The first-order chi connectivity index (χ1) is 9.53. The van der Waals surface area contributed by atoms with Gasteiger partial charge in [0, 0.05) is 20.8 Å². The topological polar surface area (TPSA) is 84.9 Å². The number of nitrogens with one attached hydrogen (secondary N) is 1. The van der Waals surface area contributed by atoms with Crippen LogP contribution in [0.2, 0.25) is 0 Å². The molecule has 4 unspecified atom stereocenters. The van der Waals surface area contributed by atoms with Crippen molar-refractivity contribution < 1.29 is 24.2 Å². The van der Waals surface area contributed by atoms with Crippen LogP contribution in [-0.4, -0.2) is 50.5 Å². The summed E-state index contributed by atoms with van der Waals surface area (Å²) in [6.07, 6.45) is 1.95. The first kappa shape index (κ1) is 16.9. The summed E-state index contributed by atoms with van der Waals surface area (Å²) in [6, 6.07) is 0. The monoisotopic (exact) mass is 287 g/mol. The zero-order valence-electron chi connectivity index (χ0n) is 12.4. The maximum Gasteiger partial charge on any atom is 0.307 e. The van der Waals surface area contributed by atoms with E-state index in [2.05, 4.69) is 5.32 Å². The van der Waals surface area contributed by atoms with Crippen LogP contribution < -0.4 is 5.32 Å². The van der Waals surface area contributed by atoms with E-state index in [1.54, 1.807) is 14.2 Å². The van der Waals surface area contributed by atoms with E-state index in [1.165, 1.54) is 0 Å². The summed E-state index contributed by atoms with van der Waals surface area (Å²) in [7, 11) is 3.12. The van der Waals surface area contributed by atoms with Crippen molar-refractivity contribution in [3.8, 4) is 0 Å². The fourth-order valence-electron chi connectivity index (χ4n) is 2.78. The van der Waals surface area contributed by atoms with Crippen molar-refractivity contribution in [1.29, 1.82) is 0 Å². The van der Waals surface area contributed by atoms with Gasteiger partial charge in [-0.3, -0.25) is 9.59 Å². The molecule has 6 heteroatoms. The highest BCUT2D eigenvalue weighted by molar-refractivity contribution is 5.85. The third-order valence-corrected chi connectivity index (χ3v) is 4.08. The molecule has 0 bridgehead atoms. The minimum absolute atomic E-state index is 0.188. The van der Waals surface area contributed by atoms with Gasteiger partial charge in [-0.1, -0.05) is 13.3 Å². The van der Waals surface area contributed by atoms with Crippen LogP contribution >= 0.6 is 0 Å². The van der Waals surface area contributed by atoms with E-state index in [0.717, 1.165) is 6.42 Å². The van der Waals surface area contributed by atoms with Gasteiger partial charge in [0.15, 0.2) is 0 Å². The molecule has 0 aromatic rings. The summed E-state index contributed by atoms with van der Waals surface area (Å²) in [6.45, 7) is 2.76. The third-order valence-electron chi connectivity index (χ3n) is 4.08. The summed E-state index contributed by atoms with van der Waals surface area (Å²) >= 11 is 0. The Bertz CT molecular complexity index is 334. The van der Waals surface area contributed by atoms with Crippen molar-refractivity contribution in [1.82, 2.24) is 5.32 Å². The SMILES string of the molecule is CCC1CC(C(=O)O)C(C(=O)NCC(COC)OC)C1. The smallest absolute Gasteiger partial charge is 0.307 e. The molecule has 2 N–H and O–H groups in total. The standard InChI is InChI=1S/C14H25NO5/c1-4-9-5-11(12(6-9)14(17)18)13(16)15-7-10(20-3)8-19-2/h9-12H,4-8H2,1-3H3,(H,15,16)(H,17,18). The second-order valence-electron chi connectivity index (χ2n) is 5.36. The Morgan fingerprint density at radius 3 is 2.45 bits per heavy atom. The second kappa shape index (κ2) is 8.21. The molecular formula is C14H25NO5. The zero-order chi connectivity index (χ0) is 15.1. The lowest BCUT2D eigenvalue weighted by molar-refractivity contribution is -0.146. The van der Waals surface area contributed by atoms with Crippen LogP contribution in [0.15, 0.2) is 0 Å². The number of carbonyl (C=O) groups excluding carboxylic acids is 1. The minimum atomic E-state index is -0.874. The molecule has 116 valence electrons. The van der Waals surface area contributed by atoms with Crippen molar-refractivity contribution in [2.75, 3.05) is 27.4 Å². The zero-order valence-corrected chi connectivity index (χ0v) is 12.4. The van der Waals surface area contributed by atoms with Gasteiger partial charge in [0.2, 0.25) is 5.91 Å². The largest absolute Gasteiger partial charge is 0.481 e. The van der Waals surface area contributed by atoms with Crippen molar-refractivity contribution >= 4 is 11.9 Å². The van der Waals surface area contributed by atoms with Gasteiger partial charge >= 0.3 is 5.97 Å². The average molecular weight is 287 g/mol. The van der Waals surface area contributed by atoms with Crippen molar-refractivity contribution in [2.45, 2.75) is 32.3 Å². The number of ether oxygens (including phenoxy) is 2. The maximum absolute atomic E-state index is 12.2. The van der Waals surface area contributed by atoms with Gasteiger partial charge in [0.1, 0.15) is 0 Å². The molecule has 0 saturated heterocycles. The normalized spacial score (nSPS) is 27.2. The van der Waals surface area contributed by atoms with Gasteiger partial charge in [-0.05, 0) is 18.8 Å². The highest BCUT2D eigenvalue weighted by Gasteiger charge is 2.42. The second-order valence-corrected chi connectivity index (χ2v) is 5.36. The predicted molar refractivity (Wildman–Crippen MR) is 73.3 cm³/mol. The molecule has 4 atom stereocenters. The van der Waals surface area contributed by atoms with Gasteiger partial charge in [0.25, 0.3) is 0 Å². The maximum atomic E-state index is 12.2. The van der Waals surface area contributed by atoms with Crippen LogP contribution in [0.1, 0.15) is 26.2 Å². The number of rotatable bonds is 8. The van der Waals surface area contributed by atoms with Crippen LogP contribution in [0.5, 0.6) is 0 Å². The Morgan fingerprint density at radius 1 is 1.30 bits per heavy atom. The van der Waals surface area contributed by atoms with Crippen molar-refractivity contribution in [3.63, 3.8) is 0 Å². The Kier molecular flexibility index (Phi) is 6.95. The summed E-state index contributed by atoms with van der Waals surface area (Å²) < 4.78 is 10.1. The molecule has 1 aliphatic carbocycles. The van der Waals surface area contributed by atoms with Gasteiger partial charge in [-0.2, -0.15) is 0 Å². The Hall–Kier alpha value is -1.14. The lowest BCUT2D eigenvalue weighted by Crippen LogP contribution is -2.40. The van der Waals surface area contributed by atoms with Gasteiger partial charge in [0.05, 0.1) is 24.5 Å². The number of hydrogen-bond donors (Lipinski definition) is 2. The van der Waals surface area contributed by atoms with E-state index in [1.807, 2.05) is 6.92 Å². The molecule has 0 heterocycles. The minimum Gasteiger partial charge on any atom is -0.481 e. The molecule has 1 amide bonds. The summed E-state index contributed by atoms with van der Waals surface area (Å²) in [5.41, 5.74) is 0. The molecule has 6 nitrogen and oxygen atoms in total. The molecule has 0 aromatic carbocycles. The lowest BCUT2D eigenvalue weighted by Gasteiger charge is -2.19. The van der Waals surface area contributed by atoms with E-state index >= 15 is 0 Å². The summed E-state index contributed by atoms with van der Waals surface area (Å²) in [5.74, 6) is -1.74. The van der Waals surface area contributed by atoms with Gasteiger partial charge in [-0.15, -0.1) is 0 Å². The Labute approximate surface area is 119 Å². The number of carboxylic acid groups (broad SMARTS) is 1. The van der Waals surface area contributed by atoms with Crippen molar-refractivity contribution in [3.05, 3.63) is 0 Å². The molecule has 1 fully saturated rings. The van der Waals surface area contributed by atoms with E-state index in [4.69, 9.17) is 9.47 Å². The number of carboxylic acids is 1. The van der Waals surface area contributed by atoms with E-state index in [9.17, 15) is 14.7 Å². The number of hydrogen-bond acceptors (Lipinski definition) is 4. The number of aliphatic carboxylic acids is 1. The highest BCUT2D eigenvalue weighted by Crippen LogP contribution is 2.38. The Morgan fingerprint density at radius 2 is 1.95 bits per heavy atom.